The van der Waals surface area contributed by atoms with E-state index in [4.69, 9.17) is 17.3 Å². The molecule has 0 spiro atoms. The van der Waals surface area contributed by atoms with E-state index in [0.717, 1.165) is 31.4 Å². The third kappa shape index (κ3) is 4.98. The van der Waals surface area contributed by atoms with Crippen LogP contribution in [0.25, 0.3) is 10.9 Å². The van der Waals surface area contributed by atoms with E-state index in [9.17, 15) is 13.6 Å². The molecule has 0 aliphatic carbocycles. The number of hydrogen-bond acceptors (Lipinski definition) is 4. The highest BCUT2D eigenvalue weighted by atomic mass is 35.5. The Balaban J connectivity index is 2.43. The standard InChI is InChI=1S/C17H21ClF2N4O/c1-3-4-6-17(2,7-5-14(21)25)24-15-10-8-11(19)12(20)9-13(10)22-16(18)23-15/h8-9H,3-7H2,1-2H3,(H2,21,25)(H,22,23,24). The highest BCUT2D eigenvalue weighted by Crippen LogP contribution is 2.30. The van der Waals surface area contributed by atoms with E-state index in [2.05, 4.69) is 22.2 Å². The lowest BCUT2D eigenvalue weighted by Gasteiger charge is -2.32. The minimum atomic E-state index is -1.00. The van der Waals surface area contributed by atoms with Crippen LogP contribution in [0.4, 0.5) is 14.6 Å². The first-order valence-corrected chi connectivity index (χ1v) is 8.50. The summed E-state index contributed by atoms with van der Waals surface area (Å²) in [5.41, 5.74) is 4.97. The zero-order valence-corrected chi connectivity index (χ0v) is 15.0. The van der Waals surface area contributed by atoms with Crippen LogP contribution in [0.5, 0.6) is 0 Å². The van der Waals surface area contributed by atoms with Crippen LogP contribution in [0.1, 0.15) is 46.0 Å². The predicted molar refractivity (Wildman–Crippen MR) is 94.4 cm³/mol. The Morgan fingerprint density at radius 1 is 1.28 bits per heavy atom. The molecule has 1 aromatic carbocycles. The van der Waals surface area contributed by atoms with Crippen molar-refractivity contribution >= 4 is 34.2 Å². The lowest BCUT2D eigenvalue weighted by Crippen LogP contribution is -2.36. The topological polar surface area (TPSA) is 80.9 Å². The molecule has 0 saturated heterocycles. The Labute approximate surface area is 150 Å². The van der Waals surface area contributed by atoms with Crippen LogP contribution in [0.15, 0.2) is 12.1 Å². The second-order valence-corrected chi connectivity index (χ2v) is 6.72. The molecule has 0 fully saturated rings. The number of nitrogens with two attached hydrogens (primary N) is 1. The molecular formula is C17H21ClF2N4O. The maximum absolute atomic E-state index is 13.7. The van der Waals surface area contributed by atoms with Gasteiger partial charge < -0.3 is 11.1 Å². The van der Waals surface area contributed by atoms with Crippen molar-refractivity contribution in [1.29, 1.82) is 0 Å². The van der Waals surface area contributed by atoms with Gasteiger partial charge in [0.05, 0.1) is 5.52 Å². The number of unbranched alkanes of at least 4 members (excludes halogenated alkanes) is 1. The van der Waals surface area contributed by atoms with Crippen LogP contribution in [-0.4, -0.2) is 21.4 Å². The molecule has 2 rings (SSSR count). The molecule has 5 nitrogen and oxygen atoms in total. The first-order chi connectivity index (χ1) is 11.7. The van der Waals surface area contributed by atoms with Crippen molar-refractivity contribution in [2.45, 2.75) is 51.5 Å². The van der Waals surface area contributed by atoms with Crippen LogP contribution in [0.2, 0.25) is 5.28 Å². The first-order valence-electron chi connectivity index (χ1n) is 8.13. The van der Waals surface area contributed by atoms with Crippen LogP contribution in [0, 0.1) is 11.6 Å². The van der Waals surface area contributed by atoms with Crippen molar-refractivity contribution in [3.05, 3.63) is 29.1 Å². The molecule has 136 valence electrons. The molecule has 1 amide bonds. The minimum Gasteiger partial charge on any atom is -0.370 e. The Hall–Kier alpha value is -2.02. The summed E-state index contributed by atoms with van der Waals surface area (Å²) in [7, 11) is 0. The summed E-state index contributed by atoms with van der Waals surface area (Å²) >= 11 is 5.92. The fourth-order valence-corrected chi connectivity index (χ4v) is 2.87. The molecule has 8 heteroatoms. The number of amides is 1. The maximum Gasteiger partial charge on any atom is 0.224 e. The molecule has 0 bridgehead atoms. The van der Waals surface area contributed by atoms with Crippen molar-refractivity contribution in [2.75, 3.05) is 5.32 Å². The van der Waals surface area contributed by atoms with E-state index < -0.39 is 23.1 Å². The molecule has 1 heterocycles. The zero-order chi connectivity index (χ0) is 18.6. The predicted octanol–water partition coefficient (Wildman–Crippen LogP) is 4.19. The van der Waals surface area contributed by atoms with E-state index in [1.54, 1.807) is 0 Å². The van der Waals surface area contributed by atoms with E-state index in [1.165, 1.54) is 0 Å². The Kier molecular flexibility index (Phi) is 6.11. The zero-order valence-electron chi connectivity index (χ0n) is 14.2. The first kappa shape index (κ1) is 19.3. The second kappa shape index (κ2) is 7.91. The van der Waals surface area contributed by atoms with Crippen LogP contribution < -0.4 is 11.1 Å². The highest BCUT2D eigenvalue weighted by molar-refractivity contribution is 6.28. The van der Waals surface area contributed by atoms with Gasteiger partial charge in [-0.1, -0.05) is 19.8 Å². The third-order valence-electron chi connectivity index (χ3n) is 4.14. The molecule has 0 saturated carbocycles. The monoisotopic (exact) mass is 370 g/mol. The van der Waals surface area contributed by atoms with E-state index in [0.29, 0.717) is 17.6 Å². The average Bonchev–Trinajstić information content (AvgIpc) is 2.53. The summed E-state index contributed by atoms with van der Waals surface area (Å²) in [4.78, 5) is 19.2. The van der Waals surface area contributed by atoms with Gasteiger partial charge in [-0.2, -0.15) is 0 Å². The number of halogens is 3. The molecule has 1 atom stereocenters. The number of hydrogen-bond donors (Lipinski definition) is 2. The fourth-order valence-electron chi connectivity index (χ4n) is 2.69. The van der Waals surface area contributed by atoms with Crippen molar-refractivity contribution in [3.63, 3.8) is 0 Å². The molecule has 0 radical (unpaired) electrons. The number of primary amides is 1. The van der Waals surface area contributed by atoms with E-state index in [-0.39, 0.29) is 17.2 Å². The number of aromatic nitrogens is 2. The normalized spacial score (nSPS) is 13.6. The number of fused-ring (bicyclic) bond motifs is 1. The van der Waals surface area contributed by atoms with Gasteiger partial charge in [-0.3, -0.25) is 4.79 Å². The van der Waals surface area contributed by atoms with E-state index in [1.807, 2.05) is 6.92 Å². The third-order valence-corrected chi connectivity index (χ3v) is 4.30. The summed E-state index contributed by atoms with van der Waals surface area (Å²) in [5.74, 6) is -2.09. The van der Waals surface area contributed by atoms with Gasteiger partial charge in [-0.05, 0) is 37.4 Å². The average molecular weight is 371 g/mol. The number of rotatable bonds is 8. The van der Waals surface area contributed by atoms with E-state index >= 15 is 0 Å². The maximum atomic E-state index is 13.7. The number of carbonyl (C=O) groups is 1. The van der Waals surface area contributed by atoms with Gasteiger partial charge >= 0.3 is 0 Å². The van der Waals surface area contributed by atoms with Crippen LogP contribution >= 0.6 is 11.6 Å². The van der Waals surface area contributed by atoms with Gasteiger partial charge in [0.15, 0.2) is 11.6 Å². The van der Waals surface area contributed by atoms with Gasteiger partial charge in [-0.15, -0.1) is 0 Å². The SMILES string of the molecule is CCCCC(C)(CCC(N)=O)Nc1nc(Cl)nc2cc(F)c(F)cc12. The molecule has 0 aliphatic rings. The molecule has 0 aliphatic heterocycles. The van der Waals surface area contributed by atoms with Crippen molar-refractivity contribution in [3.8, 4) is 0 Å². The molecule has 1 unspecified atom stereocenters. The lowest BCUT2D eigenvalue weighted by molar-refractivity contribution is -0.118. The van der Waals surface area contributed by atoms with Crippen LogP contribution in [0.3, 0.4) is 0 Å². The Bertz CT molecular complexity index is 787. The highest BCUT2D eigenvalue weighted by Gasteiger charge is 2.26. The van der Waals surface area contributed by atoms with Gasteiger partial charge in [0.1, 0.15) is 5.82 Å². The van der Waals surface area contributed by atoms with Crippen LogP contribution in [-0.2, 0) is 4.79 Å². The van der Waals surface area contributed by atoms with Gasteiger partial charge in [0.2, 0.25) is 11.2 Å². The largest absolute Gasteiger partial charge is 0.370 e. The Morgan fingerprint density at radius 3 is 2.60 bits per heavy atom. The summed E-state index contributed by atoms with van der Waals surface area (Å²) in [5, 5.41) is 3.49. The van der Waals surface area contributed by atoms with Gasteiger partial charge in [0, 0.05) is 23.4 Å². The number of nitrogens with one attached hydrogen (secondary N) is 1. The molecule has 25 heavy (non-hydrogen) atoms. The summed E-state index contributed by atoms with van der Waals surface area (Å²) in [6, 6.07) is 2.02. The van der Waals surface area contributed by atoms with Crippen molar-refractivity contribution in [2.24, 2.45) is 5.73 Å². The van der Waals surface area contributed by atoms with Gasteiger partial charge in [-0.25, -0.2) is 18.7 Å². The summed E-state index contributed by atoms with van der Waals surface area (Å²) in [6.07, 6.45) is 3.33. The summed E-state index contributed by atoms with van der Waals surface area (Å²) in [6.45, 7) is 4.00. The molecule has 1 aromatic heterocycles. The second-order valence-electron chi connectivity index (χ2n) is 6.38. The lowest BCUT2D eigenvalue weighted by atomic mass is 9.89. The number of anilines is 1. The Morgan fingerprint density at radius 2 is 1.96 bits per heavy atom. The number of nitrogens with zero attached hydrogens (tertiary/aromatic N) is 2. The summed E-state index contributed by atoms with van der Waals surface area (Å²) < 4.78 is 27.1. The smallest absolute Gasteiger partial charge is 0.224 e. The molecule has 3 N–H and O–H groups in total. The molecular weight excluding hydrogens is 350 g/mol. The fraction of sp³-hybridized carbons (Fsp3) is 0.471. The van der Waals surface area contributed by atoms with Crippen molar-refractivity contribution in [1.82, 2.24) is 9.97 Å². The van der Waals surface area contributed by atoms with Gasteiger partial charge in [0.25, 0.3) is 0 Å². The van der Waals surface area contributed by atoms with Crippen molar-refractivity contribution < 1.29 is 13.6 Å². The molecule has 2 aromatic rings. The minimum absolute atomic E-state index is 0.0752. The number of benzene rings is 1. The quantitative estimate of drug-likeness (QED) is 0.683. The number of carbonyl (C=O) groups excluding carboxylic acids is 1.